The van der Waals surface area contributed by atoms with E-state index in [-0.39, 0.29) is 68.5 Å². The lowest BCUT2D eigenvalue weighted by Gasteiger charge is -2.31. The number of amides is 9. The molecule has 0 saturated carbocycles. The number of nitrogens with two attached hydrogens (primary N) is 1. The number of carbonyl (C=O) groups is 10. The number of phenols is 2. The molecule has 450 valence electrons. The Hall–Kier alpha value is -8.54. The van der Waals surface area contributed by atoms with Crippen molar-refractivity contribution < 1.29 is 68.4 Å². The monoisotopic (exact) mass is 1150 g/mol. The second-order valence-corrected chi connectivity index (χ2v) is 21.5. The number of phenolic OH excluding ortho intramolecular Hbond substituents is 2. The van der Waals surface area contributed by atoms with E-state index in [4.69, 9.17) is 5.73 Å². The normalized spacial score (nSPS) is 21.2. The summed E-state index contributed by atoms with van der Waals surface area (Å²) in [6.07, 6.45) is 2.72. The molecule has 24 heteroatoms. The van der Waals surface area contributed by atoms with E-state index < -0.39 is 121 Å². The molecule has 2 unspecified atom stereocenters. The SMILES string of the molecule is CC[C@H]1CCCCN(C(C)=O)CCCCN(CC(=O)N[C@@H](Cc2ccc(O)cc2)C(=O)O)C(=O)[C@H](CC(C)C)NC(=O)C(Cc2ccc(O)cc2)NC(=O)[C@H](CCC(N)=O)NC(=O)C(CO)NC(=O)[C@H](Cc2c[nH]c3ccccc23)NC1=O. The fraction of sp³-hybridized carbons (Fsp3) is 0.492. The van der Waals surface area contributed by atoms with Crippen LogP contribution in [0.4, 0.5) is 0 Å². The van der Waals surface area contributed by atoms with Gasteiger partial charge in [0.1, 0.15) is 47.8 Å². The number of nitrogens with one attached hydrogen (secondary N) is 7. The van der Waals surface area contributed by atoms with Gasteiger partial charge in [0.15, 0.2) is 0 Å². The number of carboxylic acids is 1. The molecule has 1 aliphatic heterocycles. The number of aliphatic hydroxyl groups excluding tert-OH is 1. The minimum atomic E-state index is -1.72. The first-order chi connectivity index (χ1) is 39.5. The van der Waals surface area contributed by atoms with E-state index in [1.165, 1.54) is 60.4 Å². The second kappa shape index (κ2) is 32.2. The van der Waals surface area contributed by atoms with E-state index in [9.17, 15) is 68.4 Å². The van der Waals surface area contributed by atoms with Crippen LogP contribution in [0, 0.1) is 11.8 Å². The zero-order chi connectivity index (χ0) is 60.8. The Labute approximate surface area is 482 Å². The average Bonchev–Trinajstić information content (AvgIpc) is 3.87. The van der Waals surface area contributed by atoms with E-state index in [1.54, 1.807) is 24.9 Å². The summed E-state index contributed by atoms with van der Waals surface area (Å²) in [5.41, 5.74) is 7.85. The smallest absolute Gasteiger partial charge is 0.326 e. The van der Waals surface area contributed by atoms with Crippen molar-refractivity contribution in [1.82, 2.24) is 46.7 Å². The summed E-state index contributed by atoms with van der Waals surface area (Å²) in [7, 11) is 0. The highest BCUT2D eigenvalue weighted by Gasteiger charge is 2.36. The van der Waals surface area contributed by atoms with Crippen LogP contribution in [0.1, 0.15) is 102 Å². The number of rotatable bonds is 17. The quantitative estimate of drug-likeness (QED) is 0.0715. The lowest BCUT2D eigenvalue weighted by atomic mass is 9.96. The summed E-state index contributed by atoms with van der Waals surface area (Å²) in [4.78, 5) is 144. The zero-order valence-electron chi connectivity index (χ0n) is 47.5. The predicted octanol–water partition coefficient (Wildman–Crippen LogP) is 1.57. The van der Waals surface area contributed by atoms with Crippen LogP contribution >= 0.6 is 0 Å². The number of aliphatic hydroxyl groups is 1. The molecule has 0 radical (unpaired) electrons. The molecule has 83 heavy (non-hydrogen) atoms. The van der Waals surface area contributed by atoms with Gasteiger partial charge in [-0.15, -0.1) is 0 Å². The Bertz CT molecular complexity index is 2880. The van der Waals surface area contributed by atoms with Gasteiger partial charge in [0.2, 0.25) is 53.2 Å². The first-order valence-electron chi connectivity index (χ1n) is 28.1. The molecule has 2 heterocycles. The first kappa shape index (κ1) is 65.3. The van der Waals surface area contributed by atoms with E-state index in [1.807, 2.05) is 31.2 Å². The number of nitrogens with zero attached hydrogens (tertiary/aromatic N) is 2. The van der Waals surface area contributed by atoms with Crippen molar-refractivity contribution in [1.29, 1.82) is 0 Å². The van der Waals surface area contributed by atoms with Gasteiger partial charge in [-0.3, -0.25) is 43.2 Å². The summed E-state index contributed by atoms with van der Waals surface area (Å²) in [6, 6.07) is 9.77. The molecule has 0 bridgehead atoms. The van der Waals surface area contributed by atoms with Crippen molar-refractivity contribution in [3.63, 3.8) is 0 Å². The molecular formula is C59H80N10O14. The maximum atomic E-state index is 14.9. The van der Waals surface area contributed by atoms with Crippen molar-refractivity contribution in [3.8, 4) is 11.5 Å². The van der Waals surface area contributed by atoms with Crippen molar-refractivity contribution in [2.75, 3.05) is 32.8 Å². The first-order valence-corrected chi connectivity index (χ1v) is 28.1. The van der Waals surface area contributed by atoms with E-state index in [2.05, 4.69) is 36.9 Å². The number of fused-ring (bicyclic) bond motifs is 1. The van der Waals surface area contributed by atoms with Gasteiger partial charge in [-0.1, -0.05) is 69.7 Å². The highest BCUT2D eigenvalue weighted by atomic mass is 16.4. The van der Waals surface area contributed by atoms with Crippen LogP contribution in [-0.2, 0) is 67.2 Å². The number of H-pyrrole nitrogens is 1. The molecule has 9 amide bonds. The van der Waals surface area contributed by atoms with Crippen molar-refractivity contribution in [2.24, 2.45) is 17.6 Å². The number of carbonyl (C=O) groups excluding carboxylic acids is 9. The molecule has 3 aromatic carbocycles. The fourth-order valence-electron chi connectivity index (χ4n) is 9.84. The molecule has 24 nitrogen and oxygen atoms in total. The summed E-state index contributed by atoms with van der Waals surface area (Å²) in [5.74, 6) is -9.31. The Balaban J connectivity index is 1.52. The molecular weight excluding hydrogens is 1070 g/mol. The third-order valence-electron chi connectivity index (χ3n) is 14.5. The standard InChI is InChI=1S/C59H80N10O14/c1-5-39-12-8-9-25-68(36(4)71)26-10-11-27-69(33-52(75)62-49(59(82)83)30-38-17-21-42(73)22-18-38)58(81)48(28-35(2)3)66-55(78)46(29-37-15-19-41(72)20-16-37)65-54(77)45(23-24-51(60)74)63-57(80)50(34-70)67-56(79)47(64-53(39)76)31-40-32-61-44-14-7-6-13-43(40)44/h6-7,13-22,32,35,39,45-50,61,70,72-73H,5,8-12,23-31,33-34H2,1-4H3,(H2,60,74)(H,62,75)(H,63,80)(H,64,76)(H,65,77)(H,66,78)(H,67,79)(H,82,83)/t39-,45-,46?,47-,48-,49-,50?/m0/s1. The third kappa shape index (κ3) is 20.7. The van der Waals surface area contributed by atoms with Gasteiger partial charge in [0, 0.05) is 75.3 Å². The van der Waals surface area contributed by atoms with Crippen LogP contribution < -0.4 is 37.6 Å². The number of benzene rings is 3. The summed E-state index contributed by atoms with van der Waals surface area (Å²) in [6.45, 7) is 5.66. The van der Waals surface area contributed by atoms with Crippen molar-refractivity contribution in [2.45, 2.75) is 141 Å². The van der Waals surface area contributed by atoms with E-state index in [0.29, 0.717) is 55.3 Å². The van der Waals surface area contributed by atoms with Gasteiger partial charge in [0.05, 0.1) is 13.2 Å². The number of primary amides is 1. The highest BCUT2D eigenvalue weighted by molar-refractivity contribution is 5.98. The number of para-hydroxylation sites is 1. The van der Waals surface area contributed by atoms with Crippen LogP contribution in [0.2, 0.25) is 0 Å². The molecule has 1 fully saturated rings. The number of aromatic nitrogens is 1. The third-order valence-corrected chi connectivity index (χ3v) is 14.5. The van der Waals surface area contributed by atoms with Crippen molar-refractivity contribution in [3.05, 3.63) is 95.7 Å². The lowest BCUT2D eigenvalue weighted by Crippen LogP contribution is -2.60. The predicted molar refractivity (Wildman–Crippen MR) is 306 cm³/mol. The Morgan fingerprint density at radius 3 is 1.83 bits per heavy atom. The molecule has 7 atom stereocenters. The van der Waals surface area contributed by atoms with Gasteiger partial charge in [0.25, 0.3) is 0 Å². The second-order valence-electron chi connectivity index (χ2n) is 21.5. The van der Waals surface area contributed by atoms with E-state index >= 15 is 0 Å². The summed E-state index contributed by atoms with van der Waals surface area (Å²) in [5, 5.41) is 57.1. The maximum Gasteiger partial charge on any atom is 0.326 e. The Morgan fingerprint density at radius 2 is 1.23 bits per heavy atom. The lowest BCUT2D eigenvalue weighted by molar-refractivity contribution is -0.143. The largest absolute Gasteiger partial charge is 0.508 e. The average molecular weight is 1150 g/mol. The molecule has 1 aliphatic rings. The van der Waals surface area contributed by atoms with Crippen LogP contribution in [-0.4, -0.2) is 163 Å². The molecule has 4 aromatic rings. The van der Waals surface area contributed by atoms with Crippen LogP contribution in [0.5, 0.6) is 11.5 Å². The Morgan fingerprint density at radius 1 is 0.687 bits per heavy atom. The molecule has 13 N–H and O–H groups in total. The molecule has 1 aromatic heterocycles. The van der Waals surface area contributed by atoms with Gasteiger partial charge in [-0.25, -0.2) is 4.79 Å². The highest BCUT2D eigenvalue weighted by Crippen LogP contribution is 2.22. The van der Waals surface area contributed by atoms with Crippen LogP contribution in [0.3, 0.4) is 0 Å². The summed E-state index contributed by atoms with van der Waals surface area (Å²) >= 11 is 0. The minimum Gasteiger partial charge on any atom is -0.508 e. The molecule has 0 spiro atoms. The van der Waals surface area contributed by atoms with Crippen LogP contribution in [0.25, 0.3) is 10.9 Å². The summed E-state index contributed by atoms with van der Waals surface area (Å²) < 4.78 is 0. The molecule has 5 rings (SSSR count). The Kier molecular flexibility index (Phi) is 25.3. The zero-order valence-corrected chi connectivity index (χ0v) is 47.5. The minimum absolute atomic E-state index is 0.00743. The van der Waals surface area contributed by atoms with Gasteiger partial charge in [-0.05, 0) is 97.9 Å². The van der Waals surface area contributed by atoms with Crippen LogP contribution in [0.15, 0.2) is 79.0 Å². The number of hydrogen-bond donors (Lipinski definition) is 12. The van der Waals surface area contributed by atoms with Crippen molar-refractivity contribution >= 4 is 70.0 Å². The molecule has 1 saturated heterocycles. The number of carboxylic acid groups (broad SMARTS) is 1. The van der Waals surface area contributed by atoms with E-state index in [0.717, 1.165) is 10.9 Å². The number of aromatic amines is 1. The molecule has 0 aliphatic carbocycles. The van der Waals surface area contributed by atoms with Gasteiger partial charge >= 0.3 is 5.97 Å². The van der Waals surface area contributed by atoms with Gasteiger partial charge in [-0.2, -0.15) is 0 Å². The number of aliphatic carboxylic acids is 1. The fourth-order valence-corrected chi connectivity index (χ4v) is 9.84. The number of aromatic hydroxyl groups is 2. The van der Waals surface area contributed by atoms with Gasteiger partial charge < -0.3 is 72.8 Å². The number of hydrogen-bond acceptors (Lipinski definition) is 13. The topological polar surface area (TPSA) is 372 Å². The maximum absolute atomic E-state index is 14.9.